The van der Waals surface area contributed by atoms with Crippen LogP contribution in [-0.4, -0.2) is 13.1 Å². The fraction of sp³-hybridized carbons (Fsp3) is 0.692. The van der Waals surface area contributed by atoms with Gasteiger partial charge in [0.25, 0.3) is 0 Å². The fourth-order valence-electron chi connectivity index (χ4n) is 2.88. The third-order valence-corrected chi connectivity index (χ3v) is 3.82. The second-order valence-corrected chi connectivity index (χ2v) is 4.75. The largest absolute Gasteiger partial charge is 0.469 e. The highest BCUT2D eigenvalue weighted by atomic mass is 16.3. The Kier molecular flexibility index (Phi) is 3.47. The maximum atomic E-state index is 5.42. The highest BCUT2D eigenvalue weighted by Crippen LogP contribution is 2.34. The van der Waals surface area contributed by atoms with Crippen LogP contribution in [0.15, 0.2) is 22.8 Å². The van der Waals surface area contributed by atoms with Gasteiger partial charge in [-0.05, 0) is 37.4 Å². The van der Waals surface area contributed by atoms with Crippen molar-refractivity contribution in [2.75, 3.05) is 7.05 Å². The Labute approximate surface area is 92.1 Å². The summed E-state index contributed by atoms with van der Waals surface area (Å²) in [5, 5.41) is 3.45. The maximum Gasteiger partial charge on any atom is 0.105 e. The van der Waals surface area contributed by atoms with Crippen LogP contribution in [0.5, 0.6) is 0 Å². The third kappa shape index (κ3) is 2.43. The summed E-state index contributed by atoms with van der Waals surface area (Å²) in [6.07, 6.45) is 6.94. The third-order valence-electron chi connectivity index (χ3n) is 3.82. The van der Waals surface area contributed by atoms with E-state index < -0.39 is 0 Å². The van der Waals surface area contributed by atoms with E-state index >= 15 is 0 Å². The molecule has 0 bridgehead atoms. The molecule has 2 heteroatoms. The summed E-state index contributed by atoms with van der Waals surface area (Å²) in [7, 11) is 2.07. The summed E-state index contributed by atoms with van der Waals surface area (Å²) in [6, 6.07) is 4.62. The van der Waals surface area contributed by atoms with Gasteiger partial charge in [0, 0.05) is 12.5 Å². The van der Waals surface area contributed by atoms with Crippen LogP contribution in [0.1, 0.15) is 31.9 Å². The lowest BCUT2D eigenvalue weighted by atomic mass is 9.88. The van der Waals surface area contributed by atoms with Crippen LogP contribution in [0, 0.1) is 11.8 Å². The minimum Gasteiger partial charge on any atom is -0.469 e. The first-order valence-corrected chi connectivity index (χ1v) is 6.01. The lowest BCUT2D eigenvalue weighted by Crippen LogP contribution is -2.36. The molecule has 0 saturated heterocycles. The van der Waals surface area contributed by atoms with Crippen LogP contribution in [0.25, 0.3) is 0 Å². The van der Waals surface area contributed by atoms with Gasteiger partial charge in [-0.3, -0.25) is 0 Å². The standard InChI is InChI=1S/C13H21NO/c1-10-5-3-7-12(10)13(14-2)9-11-6-4-8-15-11/h4,6,8,10,12-14H,3,5,7,9H2,1-2H3. The Morgan fingerprint density at radius 2 is 2.40 bits per heavy atom. The van der Waals surface area contributed by atoms with Crippen LogP contribution in [0.3, 0.4) is 0 Å². The van der Waals surface area contributed by atoms with Crippen LogP contribution in [0.4, 0.5) is 0 Å². The van der Waals surface area contributed by atoms with Gasteiger partial charge in [0.05, 0.1) is 6.26 Å². The summed E-state index contributed by atoms with van der Waals surface area (Å²) >= 11 is 0. The van der Waals surface area contributed by atoms with E-state index in [4.69, 9.17) is 4.42 Å². The number of hydrogen-bond acceptors (Lipinski definition) is 2. The Hall–Kier alpha value is -0.760. The topological polar surface area (TPSA) is 25.2 Å². The highest BCUT2D eigenvalue weighted by Gasteiger charge is 2.30. The molecule has 84 valence electrons. The van der Waals surface area contributed by atoms with Gasteiger partial charge in [0.2, 0.25) is 0 Å². The molecule has 1 aliphatic carbocycles. The Bertz CT molecular complexity index is 281. The quantitative estimate of drug-likeness (QED) is 0.821. The van der Waals surface area contributed by atoms with Crippen molar-refractivity contribution >= 4 is 0 Å². The molecule has 1 fully saturated rings. The van der Waals surface area contributed by atoms with Crippen molar-refractivity contribution in [3.63, 3.8) is 0 Å². The molecule has 0 amide bonds. The molecule has 3 unspecified atom stereocenters. The molecular weight excluding hydrogens is 186 g/mol. The van der Waals surface area contributed by atoms with Gasteiger partial charge in [0.15, 0.2) is 0 Å². The lowest BCUT2D eigenvalue weighted by molar-refractivity contribution is 0.295. The van der Waals surface area contributed by atoms with Crippen molar-refractivity contribution in [1.29, 1.82) is 0 Å². The number of likely N-dealkylation sites (N-methyl/N-ethyl adjacent to an activating group) is 1. The molecule has 15 heavy (non-hydrogen) atoms. The zero-order valence-corrected chi connectivity index (χ0v) is 9.70. The van der Waals surface area contributed by atoms with Gasteiger partial charge >= 0.3 is 0 Å². The molecule has 0 aliphatic heterocycles. The highest BCUT2D eigenvalue weighted by molar-refractivity contribution is 5.02. The summed E-state index contributed by atoms with van der Waals surface area (Å²) in [5.41, 5.74) is 0. The van der Waals surface area contributed by atoms with Gasteiger partial charge in [-0.2, -0.15) is 0 Å². The Balaban J connectivity index is 1.97. The smallest absolute Gasteiger partial charge is 0.105 e. The predicted octanol–water partition coefficient (Wildman–Crippen LogP) is 2.85. The summed E-state index contributed by atoms with van der Waals surface area (Å²) in [4.78, 5) is 0. The van der Waals surface area contributed by atoms with Gasteiger partial charge in [-0.1, -0.05) is 19.8 Å². The minimum atomic E-state index is 0.577. The predicted molar refractivity (Wildman–Crippen MR) is 61.8 cm³/mol. The fourth-order valence-corrected chi connectivity index (χ4v) is 2.88. The van der Waals surface area contributed by atoms with E-state index in [0.717, 1.165) is 24.0 Å². The molecule has 3 atom stereocenters. The maximum absolute atomic E-state index is 5.42. The summed E-state index contributed by atoms with van der Waals surface area (Å²) in [5.74, 6) is 2.78. The number of furan rings is 1. The number of hydrogen-bond donors (Lipinski definition) is 1. The van der Waals surface area contributed by atoms with E-state index in [1.54, 1.807) is 6.26 Å². The zero-order chi connectivity index (χ0) is 10.7. The zero-order valence-electron chi connectivity index (χ0n) is 9.70. The summed E-state index contributed by atoms with van der Waals surface area (Å²) in [6.45, 7) is 2.38. The Morgan fingerprint density at radius 3 is 2.93 bits per heavy atom. The molecule has 2 rings (SSSR count). The van der Waals surface area contributed by atoms with Crippen molar-refractivity contribution in [3.05, 3.63) is 24.2 Å². The molecular formula is C13H21NO. The van der Waals surface area contributed by atoms with Crippen molar-refractivity contribution < 1.29 is 4.42 Å². The molecule has 0 aromatic carbocycles. The monoisotopic (exact) mass is 207 g/mol. The second kappa shape index (κ2) is 4.84. The first-order chi connectivity index (χ1) is 7.31. The van der Waals surface area contributed by atoms with E-state index in [9.17, 15) is 0 Å². The van der Waals surface area contributed by atoms with Crippen LogP contribution in [-0.2, 0) is 6.42 Å². The van der Waals surface area contributed by atoms with Crippen molar-refractivity contribution in [1.82, 2.24) is 5.32 Å². The van der Waals surface area contributed by atoms with Crippen molar-refractivity contribution in [2.24, 2.45) is 11.8 Å². The van der Waals surface area contributed by atoms with Gasteiger partial charge in [0.1, 0.15) is 5.76 Å². The van der Waals surface area contributed by atoms with Gasteiger partial charge < -0.3 is 9.73 Å². The van der Waals surface area contributed by atoms with E-state index in [-0.39, 0.29) is 0 Å². The first kappa shape index (κ1) is 10.7. The minimum absolute atomic E-state index is 0.577. The van der Waals surface area contributed by atoms with E-state index in [2.05, 4.69) is 25.4 Å². The molecule has 1 aromatic heterocycles. The van der Waals surface area contributed by atoms with Crippen LogP contribution < -0.4 is 5.32 Å². The molecule has 1 heterocycles. The average Bonchev–Trinajstić information content (AvgIpc) is 2.85. The van der Waals surface area contributed by atoms with E-state index in [0.29, 0.717) is 6.04 Å². The SMILES string of the molecule is CNC(Cc1ccco1)C1CCCC1C. The molecule has 1 saturated carbocycles. The van der Waals surface area contributed by atoms with Crippen molar-refractivity contribution in [2.45, 2.75) is 38.6 Å². The van der Waals surface area contributed by atoms with E-state index in [1.165, 1.54) is 19.3 Å². The molecule has 0 spiro atoms. The molecule has 2 nitrogen and oxygen atoms in total. The van der Waals surface area contributed by atoms with Crippen LogP contribution in [0.2, 0.25) is 0 Å². The van der Waals surface area contributed by atoms with Crippen LogP contribution >= 0.6 is 0 Å². The van der Waals surface area contributed by atoms with Gasteiger partial charge in [-0.25, -0.2) is 0 Å². The van der Waals surface area contributed by atoms with E-state index in [1.807, 2.05) is 6.07 Å². The summed E-state index contributed by atoms with van der Waals surface area (Å²) < 4.78 is 5.42. The second-order valence-electron chi connectivity index (χ2n) is 4.75. The average molecular weight is 207 g/mol. The normalized spacial score (nSPS) is 28.1. The number of nitrogens with one attached hydrogen (secondary N) is 1. The van der Waals surface area contributed by atoms with Gasteiger partial charge in [-0.15, -0.1) is 0 Å². The number of rotatable bonds is 4. The molecule has 1 aromatic rings. The molecule has 0 radical (unpaired) electrons. The lowest BCUT2D eigenvalue weighted by Gasteiger charge is -2.25. The Morgan fingerprint density at radius 1 is 1.53 bits per heavy atom. The molecule has 1 aliphatic rings. The molecule has 1 N–H and O–H groups in total. The first-order valence-electron chi connectivity index (χ1n) is 6.01. The van der Waals surface area contributed by atoms with Crippen molar-refractivity contribution in [3.8, 4) is 0 Å².